The van der Waals surface area contributed by atoms with E-state index in [0.29, 0.717) is 18.1 Å². The summed E-state index contributed by atoms with van der Waals surface area (Å²) in [5.74, 6) is -0.831. The largest absolute Gasteiger partial charge is 0.480 e. The van der Waals surface area contributed by atoms with Crippen LogP contribution in [0.15, 0.2) is 0 Å². The first-order valence-corrected chi connectivity index (χ1v) is 6.03. The lowest BCUT2D eigenvalue weighted by Gasteiger charge is -2.18. The van der Waals surface area contributed by atoms with Crippen molar-refractivity contribution in [2.24, 2.45) is 0 Å². The van der Waals surface area contributed by atoms with Crippen molar-refractivity contribution in [3.05, 3.63) is 16.4 Å². The van der Waals surface area contributed by atoms with E-state index in [1.54, 1.807) is 0 Å². The Bertz CT molecular complexity index is 404. The molecule has 0 aliphatic heterocycles. The molecule has 0 aromatic carbocycles. The number of likely N-dealkylation sites (N-methyl/N-ethyl adjacent to an activating group) is 1. The third kappa shape index (κ3) is 3.44. The summed E-state index contributed by atoms with van der Waals surface area (Å²) in [7, 11) is 0. The highest BCUT2D eigenvalue weighted by Crippen LogP contribution is 2.21. The molecule has 0 saturated heterocycles. The average Bonchev–Trinajstić information content (AvgIpc) is 2.55. The van der Waals surface area contributed by atoms with Crippen LogP contribution < -0.4 is 0 Å². The van der Waals surface area contributed by atoms with Gasteiger partial charge in [-0.25, -0.2) is 0 Å². The SMILES string of the molecule is CCN(CC(=O)O)Cc1c(Cl)c(C)nn1CC. The molecule has 1 N–H and O–H groups in total. The van der Waals surface area contributed by atoms with Crippen LogP contribution in [0.3, 0.4) is 0 Å². The second-order valence-corrected chi connectivity index (χ2v) is 4.24. The fourth-order valence-electron chi connectivity index (χ4n) is 1.70. The van der Waals surface area contributed by atoms with Crippen LogP contribution in [0.2, 0.25) is 5.02 Å². The number of carboxylic acid groups (broad SMARTS) is 1. The van der Waals surface area contributed by atoms with Gasteiger partial charge in [-0.1, -0.05) is 18.5 Å². The molecule has 0 aliphatic rings. The zero-order valence-electron chi connectivity index (χ0n) is 10.4. The van der Waals surface area contributed by atoms with Gasteiger partial charge in [0, 0.05) is 13.1 Å². The maximum Gasteiger partial charge on any atom is 0.317 e. The summed E-state index contributed by atoms with van der Waals surface area (Å²) in [5, 5.41) is 13.7. The summed E-state index contributed by atoms with van der Waals surface area (Å²) < 4.78 is 1.82. The molecule has 1 aromatic heterocycles. The molecule has 17 heavy (non-hydrogen) atoms. The first-order valence-electron chi connectivity index (χ1n) is 5.65. The Kier molecular flexibility index (Phi) is 4.96. The van der Waals surface area contributed by atoms with E-state index in [-0.39, 0.29) is 6.54 Å². The number of hydrogen-bond acceptors (Lipinski definition) is 3. The van der Waals surface area contributed by atoms with Gasteiger partial charge in [-0.2, -0.15) is 5.10 Å². The zero-order chi connectivity index (χ0) is 13.0. The number of carbonyl (C=O) groups is 1. The molecule has 1 aromatic rings. The van der Waals surface area contributed by atoms with Crippen molar-refractivity contribution >= 4 is 17.6 Å². The number of rotatable bonds is 6. The van der Waals surface area contributed by atoms with Gasteiger partial charge in [0.25, 0.3) is 0 Å². The lowest BCUT2D eigenvalue weighted by molar-refractivity contribution is -0.138. The second-order valence-electron chi connectivity index (χ2n) is 3.86. The molecular weight excluding hydrogens is 242 g/mol. The van der Waals surface area contributed by atoms with E-state index < -0.39 is 5.97 Å². The van der Waals surface area contributed by atoms with Crippen LogP contribution in [0.25, 0.3) is 0 Å². The van der Waals surface area contributed by atoms with Crippen LogP contribution in [0.1, 0.15) is 25.2 Å². The van der Waals surface area contributed by atoms with E-state index in [0.717, 1.165) is 17.9 Å². The van der Waals surface area contributed by atoms with Gasteiger partial charge in [0.2, 0.25) is 0 Å². The minimum Gasteiger partial charge on any atom is -0.480 e. The van der Waals surface area contributed by atoms with Gasteiger partial charge in [0.15, 0.2) is 0 Å². The second kappa shape index (κ2) is 6.02. The van der Waals surface area contributed by atoms with Crippen molar-refractivity contribution < 1.29 is 9.90 Å². The van der Waals surface area contributed by atoms with Crippen LogP contribution in [0, 0.1) is 6.92 Å². The van der Waals surface area contributed by atoms with Crippen molar-refractivity contribution in [1.82, 2.24) is 14.7 Å². The first kappa shape index (κ1) is 14.0. The lowest BCUT2D eigenvalue weighted by Crippen LogP contribution is -2.30. The molecule has 96 valence electrons. The molecule has 0 saturated carbocycles. The molecule has 0 amide bonds. The van der Waals surface area contributed by atoms with Gasteiger partial charge in [-0.05, 0) is 20.4 Å². The summed E-state index contributed by atoms with van der Waals surface area (Å²) in [4.78, 5) is 12.5. The van der Waals surface area contributed by atoms with Crippen LogP contribution in [-0.2, 0) is 17.9 Å². The quantitative estimate of drug-likeness (QED) is 0.846. The minimum atomic E-state index is -0.831. The van der Waals surface area contributed by atoms with E-state index in [1.165, 1.54) is 0 Å². The normalized spacial score (nSPS) is 11.1. The monoisotopic (exact) mass is 259 g/mol. The number of hydrogen-bond donors (Lipinski definition) is 1. The zero-order valence-corrected chi connectivity index (χ0v) is 11.2. The maximum atomic E-state index is 10.7. The predicted octanol–water partition coefficient (Wildman–Crippen LogP) is 1.77. The molecule has 1 rings (SSSR count). The van der Waals surface area contributed by atoms with Gasteiger partial charge in [0.05, 0.1) is 23.0 Å². The van der Waals surface area contributed by atoms with E-state index in [1.807, 2.05) is 30.4 Å². The summed E-state index contributed by atoms with van der Waals surface area (Å²) in [6, 6.07) is 0. The van der Waals surface area contributed by atoms with Crippen LogP contribution in [-0.4, -0.2) is 38.8 Å². The van der Waals surface area contributed by atoms with E-state index >= 15 is 0 Å². The number of aromatic nitrogens is 2. The van der Waals surface area contributed by atoms with Gasteiger partial charge < -0.3 is 5.11 Å². The highest BCUT2D eigenvalue weighted by Gasteiger charge is 2.16. The van der Waals surface area contributed by atoms with Gasteiger partial charge in [-0.3, -0.25) is 14.4 Å². The average molecular weight is 260 g/mol. The van der Waals surface area contributed by atoms with Gasteiger partial charge in [-0.15, -0.1) is 0 Å². The Morgan fingerprint density at radius 1 is 1.53 bits per heavy atom. The van der Waals surface area contributed by atoms with E-state index in [4.69, 9.17) is 16.7 Å². The Labute approximate surface area is 106 Å². The molecule has 0 aliphatic carbocycles. The molecular formula is C11H18ClN3O2. The highest BCUT2D eigenvalue weighted by atomic mass is 35.5. The molecule has 0 fully saturated rings. The van der Waals surface area contributed by atoms with Gasteiger partial charge in [0.1, 0.15) is 0 Å². The Hall–Kier alpha value is -1.07. The number of carboxylic acids is 1. The van der Waals surface area contributed by atoms with Crippen LogP contribution >= 0.6 is 11.6 Å². The third-order valence-electron chi connectivity index (χ3n) is 2.63. The van der Waals surface area contributed by atoms with E-state index in [9.17, 15) is 4.79 Å². The summed E-state index contributed by atoms with van der Waals surface area (Å²) >= 11 is 6.17. The molecule has 0 bridgehead atoms. The number of halogens is 1. The van der Waals surface area contributed by atoms with Gasteiger partial charge >= 0.3 is 5.97 Å². The smallest absolute Gasteiger partial charge is 0.317 e. The number of nitrogens with zero attached hydrogens (tertiary/aromatic N) is 3. The number of aryl methyl sites for hydroxylation is 2. The van der Waals surface area contributed by atoms with Crippen molar-refractivity contribution in [3.63, 3.8) is 0 Å². The van der Waals surface area contributed by atoms with Crippen molar-refractivity contribution in [3.8, 4) is 0 Å². The maximum absolute atomic E-state index is 10.7. The third-order valence-corrected chi connectivity index (χ3v) is 3.12. The molecule has 0 spiro atoms. The van der Waals surface area contributed by atoms with Crippen molar-refractivity contribution in [1.29, 1.82) is 0 Å². The minimum absolute atomic E-state index is 0.0147. The van der Waals surface area contributed by atoms with Crippen LogP contribution in [0.5, 0.6) is 0 Å². The molecule has 0 radical (unpaired) electrons. The molecule has 0 unspecified atom stereocenters. The lowest BCUT2D eigenvalue weighted by atomic mass is 10.3. The standard InChI is InChI=1S/C11H18ClN3O2/c1-4-14(7-10(16)17)6-9-11(12)8(3)13-15(9)5-2/h4-7H2,1-3H3,(H,16,17). The predicted molar refractivity (Wildman–Crippen MR) is 66.2 cm³/mol. The van der Waals surface area contributed by atoms with Crippen molar-refractivity contribution in [2.45, 2.75) is 33.9 Å². The van der Waals surface area contributed by atoms with E-state index in [2.05, 4.69) is 5.10 Å². The van der Waals surface area contributed by atoms with Crippen molar-refractivity contribution in [2.75, 3.05) is 13.1 Å². The highest BCUT2D eigenvalue weighted by molar-refractivity contribution is 6.31. The fraction of sp³-hybridized carbons (Fsp3) is 0.636. The fourth-order valence-corrected chi connectivity index (χ4v) is 1.90. The molecule has 1 heterocycles. The first-order chi connectivity index (χ1) is 7.99. The number of aliphatic carboxylic acids is 1. The molecule has 5 nitrogen and oxygen atoms in total. The summed E-state index contributed by atoms with van der Waals surface area (Å²) in [6.07, 6.45) is 0. The Morgan fingerprint density at radius 2 is 2.18 bits per heavy atom. The Morgan fingerprint density at radius 3 is 2.65 bits per heavy atom. The molecule has 0 atom stereocenters. The molecule has 6 heteroatoms. The Balaban J connectivity index is 2.88. The summed E-state index contributed by atoms with van der Waals surface area (Å²) in [6.45, 7) is 7.68. The van der Waals surface area contributed by atoms with Crippen LogP contribution in [0.4, 0.5) is 0 Å². The summed E-state index contributed by atoms with van der Waals surface area (Å²) in [5.41, 5.74) is 1.67. The topological polar surface area (TPSA) is 58.4 Å².